The van der Waals surface area contributed by atoms with E-state index in [1.165, 1.54) is 50.5 Å². The summed E-state index contributed by atoms with van der Waals surface area (Å²) < 4.78 is 1.85. The summed E-state index contributed by atoms with van der Waals surface area (Å²) in [6, 6.07) is 0.273. The summed E-state index contributed by atoms with van der Waals surface area (Å²) in [5, 5.41) is 11.2. The normalized spacial score (nSPS) is 17.7. The second-order valence-corrected chi connectivity index (χ2v) is 7.45. The van der Waals surface area contributed by atoms with Gasteiger partial charge in [0.15, 0.2) is 5.96 Å². The number of hydrogen-bond donors (Lipinski definition) is 2. The lowest BCUT2D eigenvalue weighted by atomic mass is 9.86. The van der Waals surface area contributed by atoms with Gasteiger partial charge in [0.05, 0.1) is 12.2 Å². The molecule has 1 aromatic rings. The zero-order valence-electron chi connectivity index (χ0n) is 16.5. The molecule has 1 unspecified atom stereocenters. The Kier molecular flexibility index (Phi) is 8.25. The van der Waals surface area contributed by atoms with Gasteiger partial charge in [-0.25, -0.2) is 0 Å². The van der Waals surface area contributed by atoms with E-state index in [0.717, 1.165) is 25.0 Å². The highest BCUT2D eigenvalue weighted by molar-refractivity contribution is 5.79. The van der Waals surface area contributed by atoms with Crippen molar-refractivity contribution in [2.75, 3.05) is 34.2 Å². The van der Waals surface area contributed by atoms with Crippen LogP contribution >= 0.6 is 0 Å². The largest absolute Gasteiger partial charge is 0.356 e. The summed E-state index contributed by atoms with van der Waals surface area (Å²) in [4.78, 5) is 6.57. The number of aromatic nitrogens is 2. The first kappa shape index (κ1) is 19.8. The van der Waals surface area contributed by atoms with Crippen molar-refractivity contribution in [3.63, 3.8) is 0 Å². The van der Waals surface area contributed by atoms with E-state index in [9.17, 15) is 0 Å². The predicted molar refractivity (Wildman–Crippen MR) is 105 cm³/mol. The Bertz CT molecular complexity index is 516. The Morgan fingerprint density at radius 1 is 1.32 bits per heavy atom. The molecular weight excluding hydrogens is 312 g/mol. The molecule has 6 heteroatoms. The van der Waals surface area contributed by atoms with Crippen molar-refractivity contribution in [2.24, 2.45) is 18.0 Å². The van der Waals surface area contributed by atoms with Crippen molar-refractivity contribution >= 4 is 5.96 Å². The van der Waals surface area contributed by atoms with Crippen LogP contribution in [0.15, 0.2) is 17.4 Å². The summed E-state index contributed by atoms with van der Waals surface area (Å²) in [6.45, 7) is 1.80. The molecule has 1 atom stereocenters. The molecule has 25 heavy (non-hydrogen) atoms. The van der Waals surface area contributed by atoms with Crippen LogP contribution in [0, 0.1) is 5.92 Å². The molecule has 142 valence electrons. The number of aryl methyl sites for hydroxylation is 1. The fourth-order valence-corrected chi connectivity index (χ4v) is 3.70. The van der Waals surface area contributed by atoms with Gasteiger partial charge in [0, 0.05) is 38.9 Å². The van der Waals surface area contributed by atoms with Gasteiger partial charge >= 0.3 is 0 Å². The van der Waals surface area contributed by atoms with Crippen LogP contribution in [0.5, 0.6) is 0 Å². The van der Waals surface area contributed by atoms with Crippen LogP contribution in [0.1, 0.15) is 56.6 Å². The van der Waals surface area contributed by atoms with E-state index in [1.807, 2.05) is 25.0 Å². The van der Waals surface area contributed by atoms with E-state index < -0.39 is 0 Å². The fraction of sp³-hybridized carbons (Fsp3) is 0.789. The third-order valence-electron chi connectivity index (χ3n) is 5.23. The van der Waals surface area contributed by atoms with Crippen molar-refractivity contribution in [3.05, 3.63) is 18.0 Å². The number of nitrogens with one attached hydrogen (secondary N) is 2. The van der Waals surface area contributed by atoms with Crippen LogP contribution in [0.2, 0.25) is 0 Å². The molecule has 1 aliphatic rings. The highest BCUT2D eigenvalue weighted by Crippen LogP contribution is 2.26. The van der Waals surface area contributed by atoms with Crippen LogP contribution in [0.25, 0.3) is 0 Å². The lowest BCUT2D eigenvalue weighted by molar-refractivity contribution is 0.298. The van der Waals surface area contributed by atoms with Crippen molar-refractivity contribution in [3.8, 4) is 0 Å². The third kappa shape index (κ3) is 6.69. The van der Waals surface area contributed by atoms with Crippen LogP contribution in [0.4, 0.5) is 0 Å². The number of nitrogens with zero attached hydrogens (tertiary/aromatic N) is 4. The molecule has 2 N–H and O–H groups in total. The number of likely N-dealkylation sites (N-methyl/N-ethyl adjacent to an activating group) is 1. The maximum atomic E-state index is 4.36. The highest BCUT2D eigenvalue weighted by Gasteiger charge is 2.16. The molecular formula is C19H36N6. The SMILES string of the molecule is CN=C(NCCCC1CCCCC1)NCC(c1cnn(C)c1)N(C)C. The predicted octanol–water partition coefficient (Wildman–Crippen LogP) is 2.55. The summed E-state index contributed by atoms with van der Waals surface area (Å²) in [6.07, 6.45) is 13.8. The minimum atomic E-state index is 0.273. The smallest absolute Gasteiger partial charge is 0.191 e. The van der Waals surface area contributed by atoms with Crippen LogP contribution in [-0.2, 0) is 7.05 Å². The Labute approximate surface area is 153 Å². The average molecular weight is 349 g/mol. The third-order valence-corrected chi connectivity index (χ3v) is 5.23. The Morgan fingerprint density at radius 2 is 2.08 bits per heavy atom. The molecule has 1 fully saturated rings. The number of hydrogen-bond acceptors (Lipinski definition) is 3. The summed E-state index contributed by atoms with van der Waals surface area (Å²) in [7, 11) is 7.99. The molecule has 1 saturated carbocycles. The fourth-order valence-electron chi connectivity index (χ4n) is 3.70. The van der Waals surface area contributed by atoms with Crippen molar-refractivity contribution in [1.29, 1.82) is 0 Å². The molecule has 0 amide bonds. The monoisotopic (exact) mass is 348 g/mol. The Morgan fingerprint density at radius 3 is 2.68 bits per heavy atom. The Balaban J connectivity index is 1.71. The van der Waals surface area contributed by atoms with Crippen molar-refractivity contribution in [2.45, 2.75) is 51.0 Å². The van der Waals surface area contributed by atoms with Gasteiger partial charge in [-0.05, 0) is 32.9 Å². The van der Waals surface area contributed by atoms with E-state index in [4.69, 9.17) is 0 Å². The first-order valence-corrected chi connectivity index (χ1v) is 9.69. The van der Waals surface area contributed by atoms with Gasteiger partial charge in [0.25, 0.3) is 0 Å². The minimum Gasteiger partial charge on any atom is -0.356 e. The van der Waals surface area contributed by atoms with Gasteiger partial charge in [-0.2, -0.15) is 5.10 Å². The molecule has 0 radical (unpaired) electrons. The van der Waals surface area contributed by atoms with Gasteiger partial charge in [-0.3, -0.25) is 9.67 Å². The average Bonchev–Trinajstić information content (AvgIpc) is 3.03. The molecule has 0 saturated heterocycles. The standard InChI is InChI=1S/C19H36N6/c1-20-19(21-12-8-11-16-9-6-5-7-10-16)22-14-18(24(2)3)17-13-23-25(4)15-17/h13,15-16,18H,5-12,14H2,1-4H3,(H2,20,21,22). The van der Waals surface area contributed by atoms with E-state index in [1.54, 1.807) is 0 Å². The molecule has 0 aliphatic heterocycles. The van der Waals surface area contributed by atoms with Gasteiger partial charge in [0.2, 0.25) is 0 Å². The first-order chi connectivity index (χ1) is 12.1. The molecule has 0 aromatic carbocycles. The molecule has 1 aliphatic carbocycles. The van der Waals surface area contributed by atoms with Crippen molar-refractivity contribution in [1.82, 2.24) is 25.3 Å². The molecule has 2 rings (SSSR count). The molecule has 1 heterocycles. The lowest BCUT2D eigenvalue weighted by Gasteiger charge is -2.25. The lowest BCUT2D eigenvalue weighted by Crippen LogP contribution is -2.42. The first-order valence-electron chi connectivity index (χ1n) is 9.69. The summed E-state index contributed by atoms with van der Waals surface area (Å²) in [5.41, 5.74) is 1.22. The van der Waals surface area contributed by atoms with Gasteiger partial charge in [-0.15, -0.1) is 0 Å². The zero-order valence-corrected chi connectivity index (χ0v) is 16.5. The van der Waals surface area contributed by atoms with Gasteiger partial charge < -0.3 is 15.5 Å². The quantitative estimate of drug-likeness (QED) is 0.431. The number of aliphatic imine (C=N–C) groups is 1. The number of rotatable bonds is 8. The molecule has 0 spiro atoms. The zero-order chi connectivity index (χ0) is 18.1. The maximum Gasteiger partial charge on any atom is 0.191 e. The van der Waals surface area contributed by atoms with E-state index in [0.29, 0.717) is 0 Å². The highest BCUT2D eigenvalue weighted by atomic mass is 15.3. The van der Waals surface area contributed by atoms with E-state index in [-0.39, 0.29) is 6.04 Å². The van der Waals surface area contributed by atoms with Gasteiger partial charge in [-0.1, -0.05) is 32.1 Å². The second-order valence-electron chi connectivity index (χ2n) is 7.45. The maximum absolute atomic E-state index is 4.36. The molecule has 6 nitrogen and oxygen atoms in total. The van der Waals surface area contributed by atoms with E-state index in [2.05, 4.69) is 45.9 Å². The molecule has 1 aromatic heterocycles. The van der Waals surface area contributed by atoms with Crippen LogP contribution < -0.4 is 10.6 Å². The second kappa shape index (κ2) is 10.4. The topological polar surface area (TPSA) is 57.5 Å². The van der Waals surface area contributed by atoms with Crippen molar-refractivity contribution < 1.29 is 0 Å². The summed E-state index contributed by atoms with van der Waals surface area (Å²) >= 11 is 0. The number of guanidine groups is 1. The van der Waals surface area contributed by atoms with Gasteiger partial charge in [0.1, 0.15) is 0 Å². The van der Waals surface area contributed by atoms with E-state index >= 15 is 0 Å². The van der Waals surface area contributed by atoms with Crippen LogP contribution in [-0.4, -0.2) is 54.9 Å². The Hall–Kier alpha value is -1.56. The minimum absolute atomic E-state index is 0.273. The van der Waals surface area contributed by atoms with Crippen LogP contribution in [0.3, 0.4) is 0 Å². The summed E-state index contributed by atoms with van der Waals surface area (Å²) in [5.74, 6) is 1.84. The molecule has 0 bridgehead atoms.